The molecule has 0 amide bonds. The summed E-state index contributed by atoms with van der Waals surface area (Å²) in [5.74, 6) is 1.61. The second-order valence-electron chi connectivity index (χ2n) is 5.64. The molecule has 0 aromatic heterocycles. The van der Waals surface area contributed by atoms with E-state index < -0.39 is 0 Å². The Labute approximate surface area is 127 Å². The molecule has 0 radical (unpaired) electrons. The van der Waals surface area contributed by atoms with E-state index in [2.05, 4.69) is 24.0 Å². The van der Waals surface area contributed by atoms with Gasteiger partial charge in [-0.2, -0.15) is 0 Å². The Morgan fingerprint density at radius 2 is 2.19 bits per heavy atom. The van der Waals surface area contributed by atoms with Gasteiger partial charge in [-0.15, -0.1) is 0 Å². The molecule has 4 nitrogen and oxygen atoms in total. The smallest absolute Gasteiger partial charge is 0.161 e. The van der Waals surface area contributed by atoms with E-state index in [0.717, 1.165) is 50.5 Å². The molecule has 0 unspecified atom stereocenters. The van der Waals surface area contributed by atoms with E-state index in [9.17, 15) is 5.11 Å². The number of likely N-dealkylation sites (tertiary alicyclic amines) is 1. The van der Waals surface area contributed by atoms with E-state index in [1.807, 2.05) is 6.07 Å². The molecule has 1 aliphatic rings. The van der Waals surface area contributed by atoms with E-state index in [0.29, 0.717) is 6.04 Å². The summed E-state index contributed by atoms with van der Waals surface area (Å²) in [5.41, 5.74) is 1.21. The van der Waals surface area contributed by atoms with Crippen molar-refractivity contribution >= 4 is 0 Å². The monoisotopic (exact) mass is 293 g/mol. The van der Waals surface area contributed by atoms with Crippen molar-refractivity contribution in [3.05, 3.63) is 23.8 Å². The molecule has 21 heavy (non-hydrogen) atoms. The molecule has 1 heterocycles. The van der Waals surface area contributed by atoms with Crippen LogP contribution in [0.3, 0.4) is 0 Å². The number of aliphatic hydroxyl groups is 1. The van der Waals surface area contributed by atoms with Crippen molar-refractivity contribution in [2.24, 2.45) is 0 Å². The SMILES string of the molecule is CCCCOc1cc(CN2CCC[C@H]2CO)ccc1OC. The summed E-state index contributed by atoms with van der Waals surface area (Å²) in [4.78, 5) is 2.34. The molecule has 0 spiro atoms. The summed E-state index contributed by atoms with van der Waals surface area (Å²) >= 11 is 0. The molecule has 0 saturated carbocycles. The van der Waals surface area contributed by atoms with Gasteiger partial charge in [-0.1, -0.05) is 19.4 Å². The van der Waals surface area contributed by atoms with Crippen molar-refractivity contribution in [1.82, 2.24) is 4.90 Å². The fraction of sp³-hybridized carbons (Fsp3) is 0.647. The van der Waals surface area contributed by atoms with Gasteiger partial charge >= 0.3 is 0 Å². The van der Waals surface area contributed by atoms with Gasteiger partial charge in [0.25, 0.3) is 0 Å². The van der Waals surface area contributed by atoms with Crippen molar-refractivity contribution in [3.63, 3.8) is 0 Å². The van der Waals surface area contributed by atoms with E-state index in [1.165, 1.54) is 12.0 Å². The zero-order chi connectivity index (χ0) is 15.1. The standard InChI is InChI=1S/C17H27NO3/c1-3-4-10-21-17-11-14(7-8-16(17)20-2)12-18-9-5-6-15(18)13-19/h7-8,11,15,19H,3-6,9-10,12-13H2,1-2H3/t15-/m0/s1. The fourth-order valence-corrected chi connectivity index (χ4v) is 2.80. The van der Waals surface area contributed by atoms with Crippen LogP contribution in [0.5, 0.6) is 11.5 Å². The number of unbranched alkanes of at least 4 members (excludes halogenated alkanes) is 1. The first-order chi connectivity index (χ1) is 10.3. The highest BCUT2D eigenvalue weighted by Crippen LogP contribution is 2.30. The maximum absolute atomic E-state index is 9.41. The Hall–Kier alpha value is -1.26. The highest BCUT2D eigenvalue weighted by molar-refractivity contribution is 5.43. The van der Waals surface area contributed by atoms with Gasteiger partial charge in [-0.05, 0) is 43.5 Å². The van der Waals surface area contributed by atoms with Crippen LogP contribution >= 0.6 is 0 Å². The van der Waals surface area contributed by atoms with Gasteiger partial charge in [0.2, 0.25) is 0 Å². The lowest BCUT2D eigenvalue weighted by Gasteiger charge is -2.23. The molecule has 1 aromatic rings. The van der Waals surface area contributed by atoms with Gasteiger partial charge in [0.05, 0.1) is 20.3 Å². The van der Waals surface area contributed by atoms with E-state index in [-0.39, 0.29) is 6.61 Å². The average Bonchev–Trinajstić information content (AvgIpc) is 2.95. The van der Waals surface area contributed by atoms with Crippen molar-refractivity contribution in [3.8, 4) is 11.5 Å². The minimum atomic E-state index is 0.246. The summed E-state index contributed by atoms with van der Waals surface area (Å²) in [6.45, 7) is 5.04. The van der Waals surface area contributed by atoms with Crippen molar-refractivity contribution in [2.75, 3.05) is 26.9 Å². The Morgan fingerprint density at radius 3 is 2.90 bits per heavy atom. The molecule has 1 aliphatic heterocycles. The second kappa shape index (κ2) is 8.25. The first-order valence-corrected chi connectivity index (χ1v) is 7.93. The normalized spacial score (nSPS) is 18.9. The number of hydrogen-bond donors (Lipinski definition) is 1. The lowest BCUT2D eigenvalue weighted by atomic mass is 10.1. The second-order valence-corrected chi connectivity index (χ2v) is 5.64. The van der Waals surface area contributed by atoms with Gasteiger partial charge in [-0.3, -0.25) is 4.90 Å². The summed E-state index contributed by atoms with van der Waals surface area (Å²) in [5, 5.41) is 9.41. The van der Waals surface area contributed by atoms with Gasteiger partial charge in [0.15, 0.2) is 11.5 Å². The van der Waals surface area contributed by atoms with Gasteiger partial charge < -0.3 is 14.6 Å². The maximum atomic E-state index is 9.41. The van der Waals surface area contributed by atoms with Crippen molar-refractivity contribution < 1.29 is 14.6 Å². The van der Waals surface area contributed by atoms with Crippen LogP contribution in [0.15, 0.2) is 18.2 Å². The van der Waals surface area contributed by atoms with Crippen molar-refractivity contribution in [1.29, 1.82) is 0 Å². The van der Waals surface area contributed by atoms with Gasteiger partial charge in [0, 0.05) is 12.6 Å². The maximum Gasteiger partial charge on any atom is 0.161 e. The lowest BCUT2D eigenvalue weighted by Crippen LogP contribution is -2.31. The summed E-state index contributed by atoms with van der Waals surface area (Å²) in [7, 11) is 1.67. The van der Waals surface area contributed by atoms with Crippen LogP contribution in [-0.2, 0) is 6.54 Å². The molecule has 1 aromatic carbocycles. The summed E-state index contributed by atoms with van der Waals surface area (Å²) in [6.07, 6.45) is 4.42. The highest BCUT2D eigenvalue weighted by atomic mass is 16.5. The number of ether oxygens (including phenoxy) is 2. The van der Waals surface area contributed by atoms with Crippen LogP contribution in [0.4, 0.5) is 0 Å². The zero-order valence-corrected chi connectivity index (χ0v) is 13.2. The molecule has 1 atom stereocenters. The fourth-order valence-electron chi connectivity index (χ4n) is 2.80. The third-order valence-electron chi connectivity index (χ3n) is 4.08. The number of benzene rings is 1. The van der Waals surface area contributed by atoms with Crippen LogP contribution in [0, 0.1) is 0 Å². The van der Waals surface area contributed by atoms with E-state index in [1.54, 1.807) is 7.11 Å². The zero-order valence-electron chi connectivity index (χ0n) is 13.2. The number of aliphatic hydroxyl groups excluding tert-OH is 1. The first kappa shape index (κ1) is 16.1. The minimum Gasteiger partial charge on any atom is -0.493 e. The molecule has 2 rings (SSSR count). The average molecular weight is 293 g/mol. The molecule has 0 bridgehead atoms. The Kier molecular flexibility index (Phi) is 6.33. The topological polar surface area (TPSA) is 41.9 Å². The molecule has 1 N–H and O–H groups in total. The molecule has 1 fully saturated rings. The molecular weight excluding hydrogens is 266 g/mol. The minimum absolute atomic E-state index is 0.246. The molecule has 1 saturated heterocycles. The Bertz CT molecular complexity index is 436. The molecular formula is C17H27NO3. The quantitative estimate of drug-likeness (QED) is 0.748. The Morgan fingerprint density at radius 1 is 1.33 bits per heavy atom. The van der Waals surface area contributed by atoms with Crippen molar-refractivity contribution in [2.45, 2.75) is 45.2 Å². The predicted octanol–water partition coefficient (Wildman–Crippen LogP) is 2.83. The first-order valence-electron chi connectivity index (χ1n) is 7.93. The molecule has 0 aliphatic carbocycles. The van der Waals surface area contributed by atoms with E-state index >= 15 is 0 Å². The van der Waals surface area contributed by atoms with Crippen LogP contribution in [0.2, 0.25) is 0 Å². The van der Waals surface area contributed by atoms with Crippen LogP contribution in [0.25, 0.3) is 0 Å². The van der Waals surface area contributed by atoms with E-state index in [4.69, 9.17) is 9.47 Å². The third kappa shape index (κ3) is 4.35. The number of methoxy groups -OCH3 is 1. The highest BCUT2D eigenvalue weighted by Gasteiger charge is 2.23. The third-order valence-corrected chi connectivity index (χ3v) is 4.08. The van der Waals surface area contributed by atoms with Crippen LogP contribution in [0.1, 0.15) is 38.2 Å². The van der Waals surface area contributed by atoms with Crippen LogP contribution in [-0.4, -0.2) is 42.9 Å². The number of nitrogens with zero attached hydrogens (tertiary/aromatic N) is 1. The van der Waals surface area contributed by atoms with Gasteiger partial charge in [0.1, 0.15) is 0 Å². The molecule has 118 valence electrons. The van der Waals surface area contributed by atoms with Crippen LogP contribution < -0.4 is 9.47 Å². The number of rotatable bonds is 8. The molecule has 4 heteroatoms. The van der Waals surface area contributed by atoms with Gasteiger partial charge in [-0.25, -0.2) is 0 Å². The lowest BCUT2D eigenvalue weighted by molar-refractivity contribution is 0.153. The largest absolute Gasteiger partial charge is 0.493 e. The predicted molar refractivity (Wildman–Crippen MR) is 83.9 cm³/mol. The summed E-state index contributed by atoms with van der Waals surface area (Å²) in [6, 6.07) is 6.43. The number of hydrogen-bond acceptors (Lipinski definition) is 4. The summed E-state index contributed by atoms with van der Waals surface area (Å²) < 4.78 is 11.2. The Balaban J connectivity index is 2.04.